The van der Waals surface area contributed by atoms with Gasteiger partial charge in [-0.1, -0.05) is 83.9 Å². The van der Waals surface area contributed by atoms with E-state index in [4.69, 9.17) is 33.9 Å². The van der Waals surface area contributed by atoms with Crippen LogP contribution in [0.5, 0.6) is 11.5 Å². The van der Waals surface area contributed by atoms with Gasteiger partial charge >= 0.3 is 0 Å². The van der Waals surface area contributed by atoms with Gasteiger partial charge in [-0.2, -0.15) is 0 Å². The molecule has 1 aliphatic rings. The molecule has 4 nitrogen and oxygen atoms in total. The highest BCUT2D eigenvalue weighted by molar-refractivity contribution is 7.80. The summed E-state index contributed by atoms with van der Waals surface area (Å²) >= 11 is 11.2. The third-order valence-electron chi connectivity index (χ3n) is 6.81. The maximum Gasteiger partial charge on any atom is 0.262 e. The number of rotatable bonds is 9. The van der Waals surface area contributed by atoms with Crippen LogP contribution in [0.2, 0.25) is 0 Å². The molecule has 2 N–H and O–H groups in total. The van der Waals surface area contributed by atoms with Crippen molar-refractivity contribution in [2.24, 2.45) is 10.8 Å². The molecule has 2 unspecified atom stereocenters. The summed E-state index contributed by atoms with van der Waals surface area (Å²) in [5.74, 6) is 1.69. The quantitative estimate of drug-likeness (QED) is 0.332. The molecule has 2 aromatic rings. The van der Waals surface area contributed by atoms with Gasteiger partial charge in [0.25, 0.3) is 10.3 Å². The van der Waals surface area contributed by atoms with Gasteiger partial charge in [-0.3, -0.25) is 0 Å². The highest BCUT2D eigenvalue weighted by Crippen LogP contribution is 2.45. The first-order valence-electron chi connectivity index (χ1n) is 13.2. The smallest absolute Gasteiger partial charge is 0.262 e. The average Bonchev–Trinajstić information content (AvgIpc) is 2.79. The summed E-state index contributed by atoms with van der Waals surface area (Å²) in [7, 11) is 0. The van der Waals surface area contributed by atoms with E-state index in [9.17, 15) is 0 Å². The van der Waals surface area contributed by atoms with E-state index in [0.29, 0.717) is 10.3 Å². The van der Waals surface area contributed by atoms with Crippen LogP contribution < -0.4 is 20.1 Å². The van der Waals surface area contributed by atoms with Crippen molar-refractivity contribution in [3.63, 3.8) is 0 Å². The van der Waals surface area contributed by atoms with Crippen molar-refractivity contribution < 1.29 is 9.47 Å². The van der Waals surface area contributed by atoms with E-state index in [2.05, 4.69) is 57.4 Å². The lowest BCUT2D eigenvalue weighted by Gasteiger charge is -2.47. The molecule has 0 radical (unpaired) electrons. The molecule has 0 aliphatic heterocycles. The van der Waals surface area contributed by atoms with E-state index in [1.165, 1.54) is 11.1 Å². The second-order valence-electron chi connectivity index (χ2n) is 11.2. The molecule has 0 aromatic heterocycles. The van der Waals surface area contributed by atoms with Crippen molar-refractivity contribution >= 4 is 34.8 Å². The molecular weight excluding hydrogens is 484 g/mol. The second-order valence-corrected chi connectivity index (χ2v) is 12.0. The maximum absolute atomic E-state index is 6.10. The van der Waals surface area contributed by atoms with Gasteiger partial charge in [-0.05, 0) is 90.6 Å². The summed E-state index contributed by atoms with van der Waals surface area (Å²) in [5, 5.41) is 7.79. The Kier molecular flexibility index (Phi) is 10.1. The molecule has 3 rings (SSSR count). The van der Waals surface area contributed by atoms with Gasteiger partial charge in [0, 0.05) is 12.6 Å². The standard InChI is InChI=1S/C30H42N2O2S2/c1-6-12-22-14-8-10-16-25(22)33-27(35)31-21-30(5)19-24(18-29(3,4)20-30)32-28(36)34-26-17-11-9-15-23(26)13-7-2/h8-11,14-17,24H,6-7,12-13,18-21H2,1-5H3,(H,31,35)(H,32,36). The average molecular weight is 527 g/mol. The van der Waals surface area contributed by atoms with Crippen molar-refractivity contribution in [1.82, 2.24) is 10.6 Å². The fourth-order valence-electron chi connectivity index (χ4n) is 5.75. The van der Waals surface area contributed by atoms with Gasteiger partial charge in [0.2, 0.25) is 0 Å². The van der Waals surface area contributed by atoms with Gasteiger partial charge in [0.1, 0.15) is 11.5 Å². The lowest BCUT2D eigenvalue weighted by molar-refractivity contribution is 0.0787. The first-order chi connectivity index (χ1) is 17.1. The van der Waals surface area contributed by atoms with Crippen LogP contribution in [0, 0.1) is 10.8 Å². The number of nitrogens with one attached hydrogen (secondary N) is 2. The van der Waals surface area contributed by atoms with E-state index in [1.807, 2.05) is 36.4 Å². The normalized spacial score (nSPS) is 20.9. The van der Waals surface area contributed by atoms with E-state index in [0.717, 1.165) is 63.0 Å². The van der Waals surface area contributed by atoms with Crippen molar-refractivity contribution in [2.45, 2.75) is 85.6 Å². The predicted molar refractivity (Wildman–Crippen MR) is 158 cm³/mol. The van der Waals surface area contributed by atoms with E-state index < -0.39 is 0 Å². The summed E-state index contributed by atoms with van der Waals surface area (Å²) in [5.41, 5.74) is 2.58. The lowest BCUT2D eigenvalue weighted by Crippen LogP contribution is -2.51. The molecule has 0 spiro atoms. The molecule has 2 aromatic carbocycles. The summed E-state index contributed by atoms with van der Waals surface area (Å²) < 4.78 is 12.1. The summed E-state index contributed by atoms with van der Waals surface area (Å²) in [6.07, 6.45) is 7.18. The van der Waals surface area contributed by atoms with Gasteiger partial charge in [0.05, 0.1) is 0 Å². The van der Waals surface area contributed by atoms with E-state index in [-0.39, 0.29) is 16.9 Å². The van der Waals surface area contributed by atoms with Crippen LogP contribution in [-0.4, -0.2) is 22.9 Å². The van der Waals surface area contributed by atoms with Crippen molar-refractivity contribution in [2.75, 3.05) is 6.54 Å². The van der Waals surface area contributed by atoms with E-state index >= 15 is 0 Å². The van der Waals surface area contributed by atoms with Crippen molar-refractivity contribution in [3.8, 4) is 11.5 Å². The number of hydrogen-bond donors (Lipinski definition) is 2. The van der Waals surface area contributed by atoms with Crippen molar-refractivity contribution in [1.29, 1.82) is 0 Å². The number of ether oxygens (including phenoxy) is 2. The zero-order valence-corrected chi connectivity index (χ0v) is 24.1. The largest absolute Gasteiger partial charge is 0.432 e. The van der Waals surface area contributed by atoms with Crippen LogP contribution >= 0.6 is 24.4 Å². The highest BCUT2D eigenvalue weighted by atomic mass is 32.1. The molecule has 196 valence electrons. The molecule has 2 atom stereocenters. The van der Waals surface area contributed by atoms with Crippen molar-refractivity contribution in [3.05, 3.63) is 59.7 Å². The minimum Gasteiger partial charge on any atom is -0.432 e. The summed E-state index contributed by atoms with van der Waals surface area (Å²) in [6.45, 7) is 12.1. The number of hydrogen-bond acceptors (Lipinski definition) is 4. The zero-order chi connectivity index (χ0) is 26.2. The first kappa shape index (κ1) is 28.4. The Labute approximate surface area is 228 Å². The lowest BCUT2D eigenvalue weighted by atomic mass is 9.62. The molecule has 36 heavy (non-hydrogen) atoms. The Morgan fingerprint density at radius 1 is 0.833 bits per heavy atom. The second kappa shape index (κ2) is 12.9. The van der Waals surface area contributed by atoms with Crippen LogP contribution in [0.3, 0.4) is 0 Å². The minimum atomic E-state index is 0.0332. The molecule has 1 aliphatic carbocycles. The van der Waals surface area contributed by atoms with Crippen LogP contribution in [0.4, 0.5) is 0 Å². The highest BCUT2D eigenvalue weighted by Gasteiger charge is 2.41. The first-order valence-corrected chi connectivity index (χ1v) is 14.0. The molecule has 1 fully saturated rings. The molecule has 0 heterocycles. The number of benzene rings is 2. The third kappa shape index (κ3) is 8.45. The molecule has 6 heteroatoms. The van der Waals surface area contributed by atoms with Crippen LogP contribution in [0.15, 0.2) is 48.5 Å². The fourth-order valence-corrected chi connectivity index (χ4v) is 6.16. The Bertz CT molecular complexity index is 1040. The van der Waals surface area contributed by atoms with Gasteiger partial charge in [-0.25, -0.2) is 0 Å². The molecule has 0 amide bonds. The minimum absolute atomic E-state index is 0.0332. The molecule has 0 bridgehead atoms. The predicted octanol–water partition coefficient (Wildman–Crippen LogP) is 7.38. The van der Waals surface area contributed by atoms with E-state index in [1.54, 1.807) is 0 Å². The third-order valence-corrected chi connectivity index (χ3v) is 7.24. The molecular formula is C30H42N2O2S2. The Morgan fingerprint density at radius 2 is 1.36 bits per heavy atom. The molecule has 0 saturated heterocycles. The van der Waals surface area contributed by atoms with Gasteiger partial charge < -0.3 is 20.1 Å². The summed E-state index contributed by atoms with van der Waals surface area (Å²) in [6, 6.07) is 16.5. The maximum atomic E-state index is 6.10. The van der Waals surface area contributed by atoms with Crippen LogP contribution in [0.1, 0.15) is 77.8 Å². The Hall–Kier alpha value is -2.18. The Morgan fingerprint density at radius 3 is 1.92 bits per heavy atom. The Balaban J connectivity index is 1.59. The molecule has 1 saturated carbocycles. The van der Waals surface area contributed by atoms with Gasteiger partial charge in [-0.15, -0.1) is 0 Å². The topological polar surface area (TPSA) is 42.5 Å². The zero-order valence-electron chi connectivity index (χ0n) is 22.5. The van der Waals surface area contributed by atoms with Crippen LogP contribution in [0.25, 0.3) is 0 Å². The SMILES string of the molecule is CCCc1ccccc1OC(=S)NCC1(C)CC(NC(=S)Oc2ccccc2CCC)CC(C)(C)C1. The monoisotopic (exact) mass is 526 g/mol. The summed E-state index contributed by atoms with van der Waals surface area (Å²) in [4.78, 5) is 0. The fraction of sp³-hybridized carbons (Fsp3) is 0.533. The van der Waals surface area contributed by atoms with Gasteiger partial charge in [0.15, 0.2) is 0 Å². The number of aryl methyl sites for hydroxylation is 2. The van der Waals surface area contributed by atoms with Crippen LogP contribution in [-0.2, 0) is 12.8 Å². The number of para-hydroxylation sites is 2. The number of thiocarbonyl (C=S) groups is 2.